The minimum absolute atomic E-state index is 0.236. The van der Waals surface area contributed by atoms with Crippen LogP contribution in [0.3, 0.4) is 0 Å². The normalized spacial score (nSPS) is 10.4. The molecule has 0 spiro atoms. The lowest BCUT2D eigenvalue weighted by Gasteiger charge is -2.07. The zero-order chi connectivity index (χ0) is 17.1. The molecule has 3 rings (SSSR count). The van der Waals surface area contributed by atoms with Crippen molar-refractivity contribution in [2.24, 2.45) is 0 Å². The number of anilines is 1. The second-order valence-electron chi connectivity index (χ2n) is 5.45. The molecule has 1 amide bonds. The Morgan fingerprint density at radius 2 is 1.50 bits per heavy atom. The van der Waals surface area contributed by atoms with E-state index in [0.29, 0.717) is 11.3 Å². The summed E-state index contributed by atoms with van der Waals surface area (Å²) >= 11 is 0. The van der Waals surface area contributed by atoms with Crippen LogP contribution in [-0.4, -0.2) is 17.5 Å². The zero-order valence-electron chi connectivity index (χ0n) is 13.1. The molecule has 0 unspecified atom stereocenters. The molecule has 0 aromatic heterocycles. The summed E-state index contributed by atoms with van der Waals surface area (Å²) in [5.74, 6) is -1.40. The lowest BCUT2D eigenvalue weighted by Crippen LogP contribution is -2.15. The molecule has 0 saturated heterocycles. The predicted octanol–water partition coefficient (Wildman–Crippen LogP) is 3.86. The fourth-order valence-corrected chi connectivity index (χ4v) is 2.62. The van der Waals surface area contributed by atoms with E-state index in [9.17, 15) is 14.4 Å². The first kappa shape index (κ1) is 15.6. The molecule has 0 bridgehead atoms. The molecular weight excluding hydrogens is 302 g/mol. The third kappa shape index (κ3) is 3.08. The van der Waals surface area contributed by atoms with Crippen molar-refractivity contribution in [1.82, 2.24) is 0 Å². The highest BCUT2D eigenvalue weighted by Crippen LogP contribution is 2.21. The standard InChI is InChI=1S/C20H15NO3/c1-13(22)21-16-9-4-8-15(12-16)19(23)20(24)18-11-5-7-14-6-2-3-10-17(14)18/h2-12H,1H3,(H,21,22). The Bertz CT molecular complexity index is 955. The van der Waals surface area contributed by atoms with Gasteiger partial charge in [0.25, 0.3) is 0 Å². The second kappa shape index (κ2) is 6.46. The van der Waals surface area contributed by atoms with E-state index < -0.39 is 11.6 Å². The lowest BCUT2D eigenvalue weighted by atomic mass is 9.96. The van der Waals surface area contributed by atoms with Crippen LogP contribution in [-0.2, 0) is 4.79 Å². The van der Waals surface area contributed by atoms with Crippen molar-refractivity contribution in [3.63, 3.8) is 0 Å². The number of benzene rings is 3. The molecule has 0 aliphatic heterocycles. The van der Waals surface area contributed by atoms with Crippen LogP contribution in [0.5, 0.6) is 0 Å². The fraction of sp³-hybridized carbons (Fsp3) is 0.0500. The highest BCUT2D eigenvalue weighted by Gasteiger charge is 2.20. The molecular formula is C20H15NO3. The van der Waals surface area contributed by atoms with Gasteiger partial charge in [-0.15, -0.1) is 0 Å². The molecule has 0 fully saturated rings. The van der Waals surface area contributed by atoms with Crippen molar-refractivity contribution in [3.8, 4) is 0 Å². The topological polar surface area (TPSA) is 63.2 Å². The molecule has 118 valence electrons. The summed E-state index contributed by atoms with van der Waals surface area (Å²) in [6.45, 7) is 1.38. The largest absolute Gasteiger partial charge is 0.326 e. The fourth-order valence-electron chi connectivity index (χ4n) is 2.62. The van der Waals surface area contributed by atoms with Gasteiger partial charge in [-0.2, -0.15) is 0 Å². The Morgan fingerprint density at radius 3 is 2.29 bits per heavy atom. The SMILES string of the molecule is CC(=O)Nc1cccc(C(=O)C(=O)c2cccc3ccccc23)c1. The van der Waals surface area contributed by atoms with E-state index in [1.54, 1.807) is 30.3 Å². The average Bonchev–Trinajstić information content (AvgIpc) is 2.59. The number of Topliss-reactive ketones (excluding diaryl/α,β-unsaturated/α-hetero) is 2. The average molecular weight is 317 g/mol. The summed E-state index contributed by atoms with van der Waals surface area (Å²) < 4.78 is 0. The van der Waals surface area contributed by atoms with Crippen LogP contribution in [0, 0.1) is 0 Å². The van der Waals surface area contributed by atoms with Crippen molar-refractivity contribution < 1.29 is 14.4 Å². The van der Waals surface area contributed by atoms with Crippen LogP contribution in [0.25, 0.3) is 10.8 Å². The first-order chi connectivity index (χ1) is 11.6. The number of hydrogen-bond acceptors (Lipinski definition) is 3. The molecule has 3 aromatic rings. The van der Waals surface area contributed by atoms with Crippen LogP contribution < -0.4 is 5.32 Å². The maximum absolute atomic E-state index is 12.7. The Labute approximate surface area is 139 Å². The molecule has 4 nitrogen and oxygen atoms in total. The highest BCUT2D eigenvalue weighted by molar-refractivity contribution is 6.50. The van der Waals surface area contributed by atoms with Gasteiger partial charge in [-0.1, -0.05) is 54.6 Å². The minimum atomic E-state index is -0.599. The molecule has 1 N–H and O–H groups in total. The number of rotatable bonds is 4. The third-order valence-corrected chi connectivity index (χ3v) is 3.69. The van der Waals surface area contributed by atoms with Gasteiger partial charge < -0.3 is 5.32 Å². The van der Waals surface area contributed by atoms with Gasteiger partial charge in [-0.3, -0.25) is 14.4 Å². The summed E-state index contributed by atoms with van der Waals surface area (Å²) in [7, 11) is 0. The van der Waals surface area contributed by atoms with Gasteiger partial charge >= 0.3 is 0 Å². The number of hydrogen-bond donors (Lipinski definition) is 1. The van der Waals surface area contributed by atoms with E-state index in [0.717, 1.165) is 10.8 Å². The predicted molar refractivity (Wildman–Crippen MR) is 93.4 cm³/mol. The van der Waals surface area contributed by atoms with Crippen molar-refractivity contribution in [1.29, 1.82) is 0 Å². The third-order valence-electron chi connectivity index (χ3n) is 3.69. The van der Waals surface area contributed by atoms with Crippen molar-refractivity contribution in [2.45, 2.75) is 6.92 Å². The molecule has 24 heavy (non-hydrogen) atoms. The van der Waals surface area contributed by atoms with Gasteiger partial charge in [-0.25, -0.2) is 0 Å². The molecule has 0 aliphatic rings. The van der Waals surface area contributed by atoms with Crippen molar-refractivity contribution in [3.05, 3.63) is 77.9 Å². The van der Waals surface area contributed by atoms with Crippen LogP contribution >= 0.6 is 0 Å². The smallest absolute Gasteiger partial charge is 0.234 e. The molecule has 0 radical (unpaired) electrons. The summed E-state index contributed by atoms with van der Waals surface area (Å²) in [6.07, 6.45) is 0. The molecule has 0 atom stereocenters. The Kier molecular flexibility index (Phi) is 4.20. The molecule has 3 aromatic carbocycles. The van der Waals surface area contributed by atoms with E-state index in [2.05, 4.69) is 5.32 Å². The van der Waals surface area contributed by atoms with Gasteiger partial charge in [0, 0.05) is 23.7 Å². The lowest BCUT2D eigenvalue weighted by molar-refractivity contribution is -0.114. The molecule has 0 saturated carbocycles. The van der Waals surface area contributed by atoms with Crippen LogP contribution in [0.2, 0.25) is 0 Å². The summed E-state index contributed by atoms with van der Waals surface area (Å²) in [5.41, 5.74) is 1.11. The van der Waals surface area contributed by atoms with Crippen LogP contribution in [0.4, 0.5) is 5.69 Å². The van der Waals surface area contributed by atoms with Crippen LogP contribution in [0.15, 0.2) is 66.7 Å². The van der Waals surface area contributed by atoms with Crippen molar-refractivity contribution in [2.75, 3.05) is 5.32 Å². The number of amides is 1. The van der Waals surface area contributed by atoms with E-state index in [-0.39, 0.29) is 11.5 Å². The first-order valence-corrected chi connectivity index (χ1v) is 7.51. The number of nitrogens with one attached hydrogen (secondary N) is 1. The zero-order valence-corrected chi connectivity index (χ0v) is 13.1. The Balaban J connectivity index is 1.98. The minimum Gasteiger partial charge on any atom is -0.326 e. The van der Waals surface area contributed by atoms with Crippen molar-refractivity contribution >= 4 is 33.9 Å². The number of carbonyl (C=O) groups is 3. The monoisotopic (exact) mass is 317 g/mol. The van der Waals surface area contributed by atoms with Gasteiger partial charge in [0.15, 0.2) is 0 Å². The Morgan fingerprint density at radius 1 is 0.792 bits per heavy atom. The van der Waals surface area contributed by atoms with Gasteiger partial charge in [0.1, 0.15) is 0 Å². The van der Waals surface area contributed by atoms with E-state index >= 15 is 0 Å². The quantitative estimate of drug-likeness (QED) is 0.587. The van der Waals surface area contributed by atoms with E-state index in [1.807, 2.05) is 30.3 Å². The molecule has 4 heteroatoms. The maximum Gasteiger partial charge on any atom is 0.234 e. The molecule has 0 aliphatic carbocycles. The highest BCUT2D eigenvalue weighted by atomic mass is 16.2. The van der Waals surface area contributed by atoms with Gasteiger partial charge in [0.05, 0.1) is 0 Å². The van der Waals surface area contributed by atoms with E-state index in [1.165, 1.54) is 13.0 Å². The summed E-state index contributed by atoms with van der Waals surface area (Å²) in [4.78, 5) is 36.4. The van der Waals surface area contributed by atoms with E-state index in [4.69, 9.17) is 0 Å². The Hall–Kier alpha value is -3.27. The summed E-state index contributed by atoms with van der Waals surface area (Å²) in [5, 5.41) is 4.26. The van der Waals surface area contributed by atoms with Gasteiger partial charge in [0.2, 0.25) is 17.5 Å². The number of carbonyl (C=O) groups excluding carboxylic acids is 3. The summed E-state index contributed by atoms with van der Waals surface area (Å²) in [6, 6.07) is 19.1. The van der Waals surface area contributed by atoms with Crippen LogP contribution in [0.1, 0.15) is 27.6 Å². The second-order valence-corrected chi connectivity index (χ2v) is 5.45. The maximum atomic E-state index is 12.7. The number of ketones is 2. The first-order valence-electron chi connectivity index (χ1n) is 7.51. The molecule has 0 heterocycles. The van der Waals surface area contributed by atoms with Gasteiger partial charge in [-0.05, 0) is 22.9 Å². The number of fused-ring (bicyclic) bond motifs is 1.